The smallest absolute Gasteiger partial charge is 0.481 e. The van der Waals surface area contributed by atoms with Gasteiger partial charge in [0.2, 0.25) is 5.91 Å². The van der Waals surface area contributed by atoms with Crippen molar-refractivity contribution >= 4 is 39.4 Å². The number of fused-ring (bicyclic) bond motifs is 4. The molecule has 0 aliphatic carbocycles. The third-order valence-electron chi connectivity index (χ3n) is 5.93. The maximum absolute atomic E-state index is 13.4. The molecule has 12 heteroatoms. The summed E-state index contributed by atoms with van der Waals surface area (Å²) in [5, 5.41) is 14.2. The Labute approximate surface area is 201 Å². The summed E-state index contributed by atoms with van der Waals surface area (Å²) in [5.74, 6) is -1.81. The van der Waals surface area contributed by atoms with Crippen molar-refractivity contribution in [3.05, 3.63) is 59.0 Å². The maximum Gasteiger partial charge on any atom is 0.586 e. The molecule has 0 radical (unpaired) electrons. The van der Waals surface area contributed by atoms with Crippen molar-refractivity contribution in [3.8, 4) is 11.5 Å². The van der Waals surface area contributed by atoms with Gasteiger partial charge in [-0.2, -0.15) is 5.10 Å². The highest BCUT2D eigenvalue weighted by atomic mass is 19.3. The number of likely N-dealkylation sites (N-methyl/N-ethyl adjacent to an activating group) is 1. The van der Waals surface area contributed by atoms with Gasteiger partial charge < -0.3 is 24.0 Å². The van der Waals surface area contributed by atoms with Gasteiger partial charge in [-0.1, -0.05) is 18.2 Å². The zero-order valence-corrected chi connectivity index (χ0v) is 19.0. The highest BCUT2D eigenvalue weighted by Crippen LogP contribution is 2.42. The van der Waals surface area contributed by atoms with Crippen molar-refractivity contribution in [1.82, 2.24) is 14.3 Å². The van der Waals surface area contributed by atoms with Crippen LogP contribution in [0.15, 0.2) is 53.5 Å². The second-order valence-electron chi connectivity index (χ2n) is 8.12. The Bertz CT molecular complexity index is 1580. The molecule has 1 amide bonds. The average molecular weight is 498 g/mol. The molecule has 0 fully saturated rings. The largest absolute Gasteiger partial charge is 0.586 e. The molecule has 2 aromatic heterocycles. The van der Waals surface area contributed by atoms with Crippen LogP contribution in [-0.2, 0) is 22.7 Å². The van der Waals surface area contributed by atoms with Gasteiger partial charge in [0.15, 0.2) is 11.5 Å². The lowest BCUT2D eigenvalue weighted by Gasteiger charge is -2.21. The minimum absolute atomic E-state index is 0.137. The molecule has 2 aromatic carbocycles. The molecule has 0 saturated heterocycles. The van der Waals surface area contributed by atoms with E-state index in [1.54, 1.807) is 35.8 Å². The van der Waals surface area contributed by atoms with Gasteiger partial charge in [-0.25, -0.2) is 4.68 Å². The van der Waals surface area contributed by atoms with Crippen molar-refractivity contribution in [1.29, 1.82) is 0 Å². The number of halogens is 2. The standard InChI is InChI=1S/C24H20F2N4O6/c1-2-28(14-7-8-18-19(11-14)36-24(25,26)35-18)20(31)13-30-23(34)22-15-5-3-4-6-16(15)29(10-9-21(32)33)17(22)12-27-30/h3-8,11-12H,2,9-10,13H2,1H3,(H,32,33). The second kappa shape index (κ2) is 8.63. The van der Waals surface area contributed by atoms with Crippen LogP contribution in [0.2, 0.25) is 0 Å². The summed E-state index contributed by atoms with van der Waals surface area (Å²) in [6.45, 7) is 1.64. The van der Waals surface area contributed by atoms with Crippen molar-refractivity contribution in [2.45, 2.75) is 32.7 Å². The number of aromatic nitrogens is 3. The monoisotopic (exact) mass is 498 g/mol. The number of amides is 1. The number of carboxylic acids is 1. The van der Waals surface area contributed by atoms with Crippen molar-refractivity contribution in [2.24, 2.45) is 0 Å². The van der Waals surface area contributed by atoms with Crippen LogP contribution in [0.5, 0.6) is 11.5 Å². The molecule has 0 bridgehead atoms. The molecule has 0 atom stereocenters. The Hall–Kier alpha value is -4.48. The molecule has 186 valence electrons. The molecular weight excluding hydrogens is 478 g/mol. The number of rotatable bonds is 7. The van der Waals surface area contributed by atoms with Crippen molar-refractivity contribution in [3.63, 3.8) is 0 Å². The summed E-state index contributed by atoms with van der Waals surface area (Å²) < 4.78 is 38.4. The first-order valence-corrected chi connectivity index (χ1v) is 11.1. The molecule has 1 aliphatic heterocycles. The Kier molecular flexibility index (Phi) is 5.58. The van der Waals surface area contributed by atoms with E-state index in [9.17, 15) is 23.2 Å². The molecule has 36 heavy (non-hydrogen) atoms. The number of aliphatic carboxylic acids is 1. The van der Waals surface area contributed by atoms with Crippen LogP contribution in [0.25, 0.3) is 21.8 Å². The number of alkyl halides is 2. The first kappa shape index (κ1) is 23.3. The van der Waals surface area contributed by atoms with Gasteiger partial charge in [-0.15, -0.1) is 8.78 Å². The van der Waals surface area contributed by atoms with E-state index in [0.717, 1.165) is 4.68 Å². The molecule has 0 unspecified atom stereocenters. The van der Waals surface area contributed by atoms with Crippen LogP contribution in [-0.4, -0.2) is 44.2 Å². The fourth-order valence-electron chi connectivity index (χ4n) is 4.37. The van der Waals surface area contributed by atoms with E-state index >= 15 is 0 Å². The molecular formula is C24H20F2N4O6. The summed E-state index contributed by atoms with van der Waals surface area (Å²) in [4.78, 5) is 39.0. The summed E-state index contributed by atoms with van der Waals surface area (Å²) in [6.07, 6.45) is -2.48. The first-order valence-electron chi connectivity index (χ1n) is 11.1. The van der Waals surface area contributed by atoms with Crippen LogP contribution in [0.3, 0.4) is 0 Å². The highest BCUT2D eigenvalue weighted by Gasteiger charge is 2.43. The Morgan fingerprint density at radius 2 is 1.86 bits per heavy atom. The number of para-hydroxylation sites is 1. The lowest BCUT2D eigenvalue weighted by atomic mass is 10.2. The molecule has 5 rings (SSSR count). The van der Waals surface area contributed by atoms with Gasteiger partial charge in [0, 0.05) is 35.7 Å². The van der Waals surface area contributed by atoms with Crippen molar-refractivity contribution < 1.29 is 33.0 Å². The third kappa shape index (κ3) is 4.00. The summed E-state index contributed by atoms with van der Waals surface area (Å²) >= 11 is 0. The van der Waals surface area contributed by atoms with Crippen LogP contribution < -0.4 is 19.9 Å². The number of aryl methyl sites for hydroxylation is 1. The number of ether oxygens (including phenoxy) is 2. The number of carboxylic acid groups (broad SMARTS) is 1. The zero-order chi connectivity index (χ0) is 25.6. The van der Waals surface area contributed by atoms with Crippen LogP contribution in [0, 0.1) is 0 Å². The Morgan fingerprint density at radius 3 is 2.61 bits per heavy atom. The first-order chi connectivity index (χ1) is 17.2. The summed E-state index contributed by atoms with van der Waals surface area (Å²) in [6, 6.07) is 11.1. The van der Waals surface area contributed by atoms with Gasteiger partial charge in [-0.05, 0) is 25.1 Å². The van der Waals surface area contributed by atoms with E-state index in [1.807, 2.05) is 0 Å². The fourth-order valence-corrected chi connectivity index (χ4v) is 4.37. The van der Waals surface area contributed by atoms with Crippen LogP contribution in [0.4, 0.5) is 14.5 Å². The van der Waals surface area contributed by atoms with Gasteiger partial charge in [-0.3, -0.25) is 14.4 Å². The van der Waals surface area contributed by atoms with Gasteiger partial charge >= 0.3 is 12.3 Å². The number of nitrogens with zero attached hydrogens (tertiary/aromatic N) is 4. The van der Waals surface area contributed by atoms with E-state index in [4.69, 9.17) is 5.11 Å². The van der Waals surface area contributed by atoms with Crippen LogP contribution in [0.1, 0.15) is 13.3 Å². The molecule has 10 nitrogen and oxygen atoms in total. The van der Waals surface area contributed by atoms with E-state index in [1.165, 1.54) is 29.3 Å². The molecule has 3 heterocycles. The molecule has 0 spiro atoms. The minimum Gasteiger partial charge on any atom is -0.481 e. The minimum atomic E-state index is -3.78. The summed E-state index contributed by atoms with van der Waals surface area (Å²) in [7, 11) is 0. The highest BCUT2D eigenvalue weighted by molar-refractivity contribution is 6.07. The lowest BCUT2D eigenvalue weighted by Crippen LogP contribution is -2.37. The SMILES string of the molecule is CCN(C(=O)Cn1ncc2c(c1=O)c1ccccc1n2CCC(=O)O)c1ccc2c(c1)OC(F)(F)O2. The van der Waals surface area contributed by atoms with E-state index in [0.29, 0.717) is 27.5 Å². The maximum atomic E-state index is 13.4. The topological polar surface area (TPSA) is 116 Å². The molecule has 1 aliphatic rings. The average Bonchev–Trinajstić information content (AvgIpc) is 3.32. The quantitative estimate of drug-likeness (QED) is 0.416. The Morgan fingerprint density at radius 1 is 1.11 bits per heavy atom. The molecule has 4 aromatic rings. The lowest BCUT2D eigenvalue weighted by molar-refractivity contribution is -0.286. The molecule has 0 saturated carbocycles. The predicted octanol–water partition coefficient (Wildman–Crippen LogP) is 3.20. The fraction of sp³-hybridized carbons (Fsp3) is 0.250. The number of benzene rings is 2. The number of hydrogen-bond donors (Lipinski definition) is 1. The van der Waals surface area contributed by atoms with E-state index < -0.39 is 30.3 Å². The van der Waals surface area contributed by atoms with E-state index in [2.05, 4.69) is 14.6 Å². The van der Waals surface area contributed by atoms with Crippen molar-refractivity contribution in [2.75, 3.05) is 11.4 Å². The molecule has 1 N–H and O–H groups in total. The number of carbonyl (C=O) groups is 2. The Balaban J connectivity index is 1.49. The number of anilines is 1. The van der Waals surface area contributed by atoms with Crippen LogP contribution >= 0.6 is 0 Å². The third-order valence-corrected chi connectivity index (χ3v) is 5.93. The normalized spacial score (nSPS) is 13.9. The predicted molar refractivity (Wildman–Crippen MR) is 124 cm³/mol. The van der Waals surface area contributed by atoms with Gasteiger partial charge in [0.25, 0.3) is 5.56 Å². The van der Waals surface area contributed by atoms with Gasteiger partial charge in [0.1, 0.15) is 6.54 Å². The van der Waals surface area contributed by atoms with Gasteiger partial charge in [0.05, 0.1) is 23.5 Å². The summed E-state index contributed by atoms with van der Waals surface area (Å²) in [5.41, 5.74) is 0.939. The number of hydrogen-bond acceptors (Lipinski definition) is 6. The van der Waals surface area contributed by atoms with E-state index in [-0.39, 0.29) is 31.0 Å². The zero-order valence-electron chi connectivity index (χ0n) is 19.0. The second-order valence-corrected chi connectivity index (χ2v) is 8.12. The number of carbonyl (C=O) groups excluding carboxylic acids is 1.